The van der Waals surface area contributed by atoms with E-state index in [0.29, 0.717) is 5.56 Å². The highest BCUT2D eigenvalue weighted by molar-refractivity contribution is 6.33. The average molecular weight is 504 g/mol. The highest BCUT2D eigenvalue weighted by atomic mass is 35.5. The smallest absolute Gasteiger partial charge is 0.422 e. The van der Waals surface area contributed by atoms with Crippen LogP contribution in [0.1, 0.15) is 22.3 Å². The number of carbonyl (C=O) groups is 2. The molecule has 1 aliphatic rings. The van der Waals surface area contributed by atoms with Gasteiger partial charge in [0.2, 0.25) is 11.8 Å². The Morgan fingerprint density at radius 2 is 2.03 bits per heavy atom. The van der Waals surface area contributed by atoms with Crippen molar-refractivity contribution in [3.63, 3.8) is 0 Å². The van der Waals surface area contributed by atoms with Gasteiger partial charge in [-0.3, -0.25) is 9.59 Å². The van der Waals surface area contributed by atoms with Crippen LogP contribution in [-0.2, 0) is 9.53 Å². The van der Waals surface area contributed by atoms with Crippen LogP contribution in [-0.4, -0.2) is 48.6 Å². The second-order valence-electron chi connectivity index (χ2n) is 6.98. The molecule has 176 valence electrons. The van der Waals surface area contributed by atoms with Crippen LogP contribution in [0, 0.1) is 6.92 Å². The first-order valence-corrected chi connectivity index (χ1v) is 10.3. The first-order chi connectivity index (χ1) is 15.5. The fourth-order valence-electron chi connectivity index (χ4n) is 3.11. The van der Waals surface area contributed by atoms with Crippen LogP contribution in [0.5, 0.6) is 0 Å². The Balaban J connectivity index is 1.93. The van der Waals surface area contributed by atoms with Crippen LogP contribution in [0.2, 0.25) is 10.0 Å². The summed E-state index contributed by atoms with van der Waals surface area (Å²) in [5.41, 5.74) is 0.815. The van der Waals surface area contributed by atoms with Gasteiger partial charge >= 0.3 is 6.18 Å². The molecular weight excluding hydrogens is 486 g/mol. The summed E-state index contributed by atoms with van der Waals surface area (Å²) in [4.78, 5) is 29.6. The Labute approximate surface area is 196 Å². The number of aryl methyl sites for hydroxylation is 1. The van der Waals surface area contributed by atoms with Crippen LogP contribution in [0.4, 0.5) is 24.7 Å². The van der Waals surface area contributed by atoms with E-state index in [1.54, 1.807) is 19.1 Å². The Hall–Kier alpha value is -3.05. The molecule has 1 unspecified atom stereocenters. The molecule has 33 heavy (non-hydrogen) atoms. The van der Waals surface area contributed by atoms with Crippen LogP contribution >= 0.6 is 23.2 Å². The van der Waals surface area contributed by atoms with Crippen molar-refractivity contribution in [2.75, 3.05) is 24.0 Å². The van der Waals surface area contributed by atoms with Crippen LogP contribution in [0.15, 0.2) is 35.6 Å². The van der Waals surface area contributed by atoms with Crippen molar-refractivity contribution in [3.05, 3.63) is 51.6 Å². The molecule has 8 nitrogen and oxygen atoms in total. The molecule has 1 aliphatic heterocycles. The van der Waals surface area contributed by atoms with Gasteiger partial charge in [0.1, 0.15) is 6.04 Å². The van der Waals surface area contributed by atoms with Gasteiger partial charge in [-0.2, -0.15) is 13.2 Å². The van der Waals surface area contributed by atoms with Gasteiger partial charge in [-0.25, -0.2) is 9.99 Å². The lowest BCUT2D eigenvalue weighted by Gasteiger charge is -2.23. The minimum atomic E-state index is -4.58. The molecule has 0 spiro atoms. The lowest BCUT2D eigenvalue weighted by atomic mass is 10.1. The largest absolute Gasteiger partial charge is 0.470 e. The van der Waals surface area contributed by atoms with E-state index < -0.39 is 30.6 Å². The number of benzene rings is 1. The number of nitrogens with zero attached hydrogens (tertiary/aromatic N) is 3. The van der Waals surface area contributed by atoms with Crippen molar-refractivity contribution in [2.24, 2.45) is 5.10 Å². The number of rotatable bonds is 5. The standard InChI is InChI=1S/C20H18Cl2F3N5O3/c1-10-6-11(21)7-12(18(31)26-2)16(10)28-19(32)14-8-15(33-9-20(23,24)25)29-30(14)17-13(22)4-3-5-27-17/h3-7,14H,8-9H2,1-2H3,(H,26,31)(H,28,32). The maximum absolute atomic E-state index is 13.2. The van der Waals surface area contributed by atoms with E-state index >= 15 is 0 Å². The van der Waals surface area contributed by atoms with E-state index in [9.17, 15) is 22.8 Å². The molecule has 1 aromatic carbocycles. The van der Waals surface area contributed by atoms with Gasteiger partial charge in [-0.1, -0.05) is 23.2 Å². The van der Waals surface area contributed by atoms with E-state index in [-0.39, 0.29) is 39.4 Å². The summed E-state index contributed by atoms with van der Waals surface area (Å²) in [5.74, 6) is -1.41. The molecule has 0 saturated carbocycles. The van der Waals surface area contributed by atoms with Crippen LogP contribution in [0.3, 0.4) is 0 Å². The van der Waals surface area contributed by atoms with E-state index in [1.165, 1.54) is 25.4 Å². The third-order valence-electron chi connectivity index (χ3n) is 4.56. The van der Waals surface area contributed by atoms with Crippen molar-refractivity contribution in [3.8, 4) is 0 Å². The summed E-state index contributed by atoms with van der Waals surface area (Å²) in [6, 6.07) is 4.84. The summed E-state index contributed by atoms with van der Waals surface area (Å²) < 4.78 is 42.6. The Morgan fingerprint density at radius 3 is 2.67 bits per heavy atom. The molecule has 2 heterocycles. The van der Waals surface area contributed by atoms with Crippen molar-refractivity contribution in [1.82, 2.24) is 10.3 Å². The molecular formula is C20H18Cl2F3N5O3. The number of hydrazone groups is 1. The van der Waals surface area contributed by atoms with Gasteiger partial charge < -0.3 is 15.4 Å². The van der Waals surface area contributed by atoms with Crippen molar-refractivity contribution >= 4 is 52.4 Å². The SMILES string of the molecule is CNC(=O)c1cc(Cl)cc(C)c1NC(=O)C1CC(OCC(F)(F)F)=NN1c1ncccc1Cl. The fourth-order valence-corrected chi connectivity index (χ4v) is 3.59. The van der Waals surface area contributed by atoms with Gasteiger partial charge in [0.25, 0.3) is 5.91 Å². The second kappa shape index (κ2) is 9.84. The first-order valence-electron chi connectivity index (χ1n) is 9.50. The van der Waals surface area contributed by atoms with Crippen molar-refractivity contribution in [2.45, 2.75) is 25.6 Å². The van der Waals surface area contributed by atoms with E-state index in [1.807, 2.05) is 0 Å². The first kappa shape index (κ1) is 24.6. The van der Waals surface area contributed by atoms with Crippen molar-refractivity contribution < 1.29 is 27.5 Å². The highest BCUT2D eigenvalue weighted by Gasteiger charge is 2.38. The number of aromatic nitrogens is 1. The molecule has 0 saturated heterocycles. The Bertz CT molecular complexity index is 1110. The number of hydrogen-bond acceptors (Lipinski definition) is 6. The zero-order chi connectivity index (χ0) is 24.3. The number of halogens is 5. The normalized spacial score (nSPS) is 15.8. The maximum atomic E-state index is 13.2. The Kier molecular flexibility index (Phi) is 7.33. The summed E-state index contributed by atoms with van der Waals surface area (Å²) in [5, 5.41) is 10.6. The minimum absolute atomic E-state index is 0.0595. The highest BCUT2D eigenvalue weighted by Crippen LogP contribution is 2.32. The summed E-state index contributed by atoms with van der Waals surface area (Å²) in [6.45, 7) is 0.0748. The van der Waals surface area contributed by atoms with Crippen LogP contribution in [0.25, 0.3) is 0 Å². The number of anilines is 2. The topological polar surface area (TPSA) is 95.9 Å². The maximum Gasteiger partial charge on any atom is 0.422 e. The van der Waals surface area contributed by atoms with E-state index in [0.717, 1.165) is 5.01 Å². The predicted molar refractivity (Wildman–Crippen MR) is 118 cm³/mol. The third kappa shape index (κ3) is 5.85. The Morgan fingerprint density at radius 1 is 1.30 bits per heavy atom. The summed E-state index contributed by atoms with van der Waals surface area (Å²) >= 11 is 12.2. The number of carbonyl (C=O) groups excluding carboxylic acids is 2. The number of pyridine rings is 1. The minimum Gasteiger partial charge on any atom is -0.470 e. The van der Waals surface area contributed by atoms with Gasteiger partial charge in [-0.15, -0.1) is 5.10 Å². The van der Waals surface area contributed by atoms with Crippen molar-refractivity contribution in [1.29, 1.82) is 0 Å². The average Bonchev–Trinajstić information content (AvgIpc) is 3.17. The number of alkyl halides is 3. The zero-order valence-corrected chi connectivity index (χ0v) is 18.8. The number of amides is 2. The lowest BCUT2D eigenvalue weighted by Crippen LogP contribution is -2.39. The quantitative estimate of drug-likeness (QED) is 0.638. The molecule has 1 atom stereocenters. The third-order valence-corrected chi connectivity index (χ3v) is 5.08. The molecule has 2 aromatic rings. The number of hydrogen-bond donors (Lipinski definition) is 2. The monoisotopic (exact) mass is 503 g/mol. The lowest BCUT2D eigenvalue weighted by molar-refractivity contribution is -0.156. The van der Waals surface area contributed by atoms with Crippen LogP contribution < -0.4 is 15.6 Å². The zero-order valence-electron chi connectivity index (χ0n) is 17.3. The molecule has 2 amide bonds. The van der Waals surface area contributed by atoms with E-state index in [2.05, 4.69) is 20.7 Å². The predicted octanol–water partition coefficient (Wildman–Crippen LogP) is 4.17. The van der Waals surface area contributed by atoms with Gasteiger partial charge in [0.05, 0.1) is 22.7 Å². The molecule has 0 aliphatic carbocycles. The molecule has 2 N–H and O–H groups in total. The van der Waals surface area contributed by atoms with Gasteiger partial charge in [-0.05, 0) is 36.8 Å². The van der Waals surface area contributed by atoms with E-state index in [4.69, 9.17) is 27.9 Å². The second-order valence-corrected chi connectivity index (χ2v) is 7.83. The molecule has 0 radical (unpaired) electrons. The number of ether oxygens (including phenoxy) is 1. The molecule has 3 rings (SSSR count). The van der Waals surface area contributed by atoms with Gasteiger partial charge in [0, 0.05) is 18.3 Å². The molecule has 13 heteroatoms. The molecule has 0 fully saturated rings. The fraction of sp³-hybridized carbons (Fsp3) is 0.300. The summed E-state index contributed by atoms with van der Waals surface area (Å²) in [7, 11) is 1.42. The molecule has 1 aromatic heterocycles. The molecule has 0 bridgehead atoms. The summed E-state index contributed by atoms with van der Waals surface area (Å²) in [6.07, 6.45) is -3.47. The number of nitrogens with one attached hydrogen (secondary N) is 2. The van der Waals surface area contributed by atoms with Gasteiger partial charge in [0.15, 0.2) is 12.4 Å².